The van der Waals surface area contributed by atoms with Gasteiger partial charge in [0.05, 0.1) is 25.0 Å². The van der Waals surface area contributed by atoms with Gasteiger partial charge in [-0.05, 0) is 0 Å². The van der Waals surface area contributed by atoms with Crippen molar-refractivity contribution in [2.24, 2.45) is 5.92 Å². The van der Waals surface area contributed by atoms with Crippen molar-refractivity contribution in [2.45, 2.75) is 19.4 Å². The molecule has 0 radical (unpaired) electrons. The van der Waals surface area contributed by atoms with E-state index in [0.29, 0.717) is 26.1 Å². The molecule has 112 valence electrons. The van der Waals surface area contributed by atoms with E-state index in [1.54, 1.807) is 25.9 Å². The normalized spacial score (nSPS) is 20.1. The van der Waals surface area contributed by atoms with Gasteiger partial charge >= 0.3 is 0 Å². The molecule has 1 aliphatic heterocycles. The lowest BCUT2D eigenvalue weighted by atomic mass is 10.1. The van der Waals surface area contributed by atoms with Crippen LogP contribution in [-0.4, -0.2) is 63.2 Å². The van der Waals surface area contributed by atoms with Crippen LogP contribution < -0.4 is 10.6 Å². The van der Waals surface area contributed by atoms with Crippen molar-refractivity contribution in [3.63, 3.8) is 0 Å². The maximum Gasteiger partial charge on any atom is 0.224 e. The molecule has 0 aliphatic carbocycles. The van der Waals surface area contributed by atoms with Gasteiger partial charge in [-0.1, -0.05) is 6.92 Å². The number of carbonyl (C=O) groups excluding carboxylic acids is 2. The topological polar surface area (TPSA) is 70.7 Å². The molecule has 1 aliphatic rings. The van der Waals surface area contributed by atoms with E-state index in [0.717, 1.165) is 6.54 Å². The largest absolute Gasteiger partial charge is 0.375 e. The van der Waals surface area contributed by atoms with Crippen LogP contribution in [-0.2, 0) is 14.3 Å². The highest BCUT2D eigenvalue weighted by Crippen LogP contribution is 2.06. The molecule has 2 amide bonds. The molecule has 1 heterocycles. The summed E-state index contributed by atoms with van der Waals surface area (Å²) in [7, 11) is 3.32. The Morgan fingerprint density at radius 2 is 2.21 bits per heavy atom. The predicted molar refractivity (Wildman–Crippen MR) is 75.3 cm³/mol. The number of carbonyl (C=O) groups is 2. The fourth-order valence-corrected chi connectivity index (χ4v) is 1.94. The molecule has 0 spiro atoms. The third-order valence-corrected chi connectivity index (χ3v) is 3.07. The van der Waals surface area contributed by atoms with Gasteiger partial charge in [0.15, 0.2) is 0 Å². The number of hydrogen-bond donors (Lipinski definition) is 2. The lowest BCUT2D eigenvalue weighted by Gasteiger charge is -2.26. The summed E-state index contributed by atoms with van der Waals surface area (Å²) in [5, 5.41) is 5.77. The van der Waals surface area contributed by atoms with Crippen molar-refractivity contribution in [2.75, 3.05) is 40.3 Å². The fourth-order valence-electron chi connectivity index (χ4n) is 1.94. The molecule has 7 heteroatoms. The van der Waals surface area contributed by atoms with Gasteiger partial charge in [0.25, 0.3) is 0 Å². The van der Waals surface area contributed by atoms with E-state index in [1.165, 1.54) is 0 Å². The Hall–Kier alpha value is -0.850. The molecular weight excluding hydrogens is 270 g/mol. The highest BCUT2D eigenvalue weighted by Gasteiger charge is 2.22. The third-order valence-electron chi connectivity index (χ3n) is 3.07. The highest BCUT2D eigenvalue weighted by atomic mass is 35.5. The van der Waals surface area contributed by atoms with Crippen LogP contribution in [0.5, 0.6) is 0 Å². The summed E-state index contributed by atoms with van der Waals surface area (Å²) in [4.78, 5) is 24.9. The minimum Gasteiger partial charge on any atom is -0.375 e. The van der Waals surface area contributed by atoms with E-state index in [1.807, 2.05) is 0 Å². The number of hydrogen-bond acceptors (Lipinski definition) is 4. The Morgan fingerprint density at radius 1 is 1.53 bits per heavy atom. The van der Waals surface area contributed by atoms with Crippen molar-refractivity contribution in [1.82, 2.24) is 15.5 Å². The molecule has 1 fully saturated rings. The minimum absolute atomic E-state index is 0. The molecule has 0 aromatic heterocycles. The molecule has 1 rings (SSSR count). The number of morpholine rings is 1. The van der Waals surface area contributed by atoms with Crippen LogP contribution in [0.2, 0.25) is 0 Å². The first kappa shape index (κ1) is 18.1. The second-order valence-corrected chi connectivity index (χ2v) is 4.69. The molecule has 2 N–H and O–H groups in total. The van der Waals surface area contributed by atoms with E-state index in [-0.39, 0.29) is 36.2 Å². The van der Waals surface area contributed by atoms with Crippen molar-refractivity contribution in [3.8, 4) is 0 Å². The van der Waals surface area contributed by atoms with Crippen LogP contribution in [0, 0.1) is 5.92 Å². The number of nitrogens with zero attached hydrogens (tertiary/aromatic N) is 1. The molecule has 0 bridgehead atoms. The zero-order valence-electron chi connectivity index (χ0n) is 11.8. The van der Waals surface area contributed by atoms with Gasteiger partial charge in [0.1, 0.15) is 0 Å². The summed E-state index contributed by atoms with van der Waals surface area (Å²) in [6, 6.07) is 0. The summed E-state index contributed by atoms with van der Waals surface area (Å²) in [5.41, 5.74) is 0. The lowest BCUT2D eigenvalue weighted by molar-refractivity contribution is -0.135. The van der Waals surface area contributed by atoms with Gasteiger partial charge in [0.2, 0.25) is 11.8 Å². The zero-order chi connectivity index (χ0) is 13.5. The smallest absolute Gasteiger partial charge is 0.224 e. The average molecular weight is 294 g/mol. The standard InChI is InChI=1S/C12H23N3O3.ClH/c1-9(12(17)13-2)8-15(3)11(16)6-10-7-14-4-5-18-10;/h9-10,14H,4-8H2,1-3H3,(H,13,17);1H. The number of rotatable bonds is 5. The lowest BCUT2D eigenvalue weighted by Crippen LogP contribution is -2.43. The van der Waals surface area contributed by atoms with Crippen molar-refractivity contribution in [3.05, 3.63) is 0 Å². The van der Waals surface area contributed by atoms with Gasteiger partial charge < -0.3 is 20.3 Å². The second kappa shape index (κ2) is 9.12. The maximum absolute atomic E-state index is 11.9. The second-order valence-electron chi connectivity index (χ2n) is 4.69. The zero-order valence-corrected chi connectivity index (χ0v) is 12.6. The average Bonchev–Trinajstić information content (AvgIpc) is 2.38. The van der Waals surface area contributed by atoms with Gasteiger partial charge in [-0.25, -0.2) is 0 Å². The van der Waals surface area contributed by atoms with E-state index in [2.05, 4.69) is 10.6 Å². The molecule has 1 saturated heterocycles. The number of ether oxygens (including phenoxy) is 1. The first-order valence-electron chi connectivity index (χ1n) is 6.32. The highest BCUT2D eigenvalue weighted by molar-refractivity contribution is 5.85. The number of amides is 2. The Balaban J connectivity index is 0.00000324. The van der Waals surface area contributed by atoms with Gasteiger partial charge in [-0.2, -0.15) is 0 Å². The Morgan fingerprint density at radius 3 is 2.74 bits per heavy atom. The molecule has 0 saturated carbocycles. The van der Waals surface area contributed by atoms with Crippen molar-refractivity contribution >= 4 is 24.2 Å². The van der Waals surface area contributed by atoms with Crippen LogP contribution in [0.4, 0.5) is 0 Å². The quantitative estimate of drug-likeness (QED) is 0.725. The van der Waals surface area contributed by atoms with Crippen molar-refractivity contribution in [1.29, 1.82) is 0 Å². The van der Waals surface area contributed by atoms with Crippen LogP contribution in [0.1, 0.15) is 13.3 Å². The van der Waals surface area contributed by atoms with Crippen LogP contribution in [0.25, 0.3) is 0 Å². The molecular formula is C12H24ClN3O3. The summed E-state index contributed by atoms with van der Waals surface area (Å²) in [6.45, 7) is 4.44. The summed E-state index contributed by atoms with van der Waals surface area (Å²) in [6.07, 6.45) is 0.313. The Labute approximate surface area is 120 Å². The van der Waals surface area contributed by atoms with Gasteiger partial charge in [0, 0.05) is 33.7 Å². The Kier molecular flexibility index (Phi) is 8.71. The summed E-state index contributed by atoms with van der Waals surface area (Å²) in [5.74, 6) is -0.237. The number of nitrogens with one attached hydrogen (secondary N) is 2. The first-order valence-corrected chi connectivity index (χ1v) is 6.32. The molecule has 0 aromatic rings. The monoisotopic (exact) mass is 293 g/mol. The molecule has 19 heavy (non-hydrogen) atoms. The number of halogens is 1. The minimum atomic E-state index is -0.200. The van der Waals surface area contributed by atoms with Gasteiger partial charge in [-0.15, -0.1) is 12.4 Å². The van der Waals surface area contributed by atoms with E-state index in [9.17, 15) is 9.59 Å². The van der Waals surface area contributed by atoms with E-state index in [4.69, 9.17) is 4.74 Å². The molecule has 2 atom stereocenters. The summed E-state index contributed by atoms with van der Waals surface area (Å²) < 4.78 is 5.48. The third kappa shape index (κ3) is 6.22. The predicted octanol–water partition coefficient (Wildman–Crippen LogP) is -0.373. The van der Waals surface area contributed by atoms with Crippen molar-refractivity contribution < 1.29 is 14.3 Å². The van der Waals surface area contributed by atoms with Crippen LogP contribution >= 0.6 is 12.4 Å². The SMILES string of the molecule is CNC(=O)C(C)CN(C)C(=O)CC1CNCCO1.Cl. The molecule has 2 unspecified atom stereocenters. The van der Waals surface area contributed by atoms with E-state index >= 15 is 0 Å². The molecule has 0 aromatic carbocycles. The summed E-state index contributed by atoms with van der Waals surface area (Å²) >= 11 is 0. The van der Waals surface area contributed by atoms with Crippen LogP contribution in [0.15, 0.2) is 0 Å². The van der Waals surface area contributed by atoms with E-state index < -0.39 is 0 Å². The Bertz CT molecular complexity index is 296. The fraction of sp³-hybridized carbons (Fsp3) is 0.833. The van der Waals surface area contributed by atoms with Gasteiger partial charge in [-0.3, -0.25) is 9.59 Å². The van der Waals surface area contributed by atoms with Crippen LogP contribution in [0.3, 0.4) is 0 Å². The first-order chi connectivity index (χ1) is 8.54. The maximum atomic E-state index is 11.9. The molecule has 6 nitrogen and oxygen atoms in total.